The molecule has 40 heavy (non-hydrogen) atoms. The zero-order valence-corrected chi connectivity index (χ0v) is 23.9. The Morgan fingerprint density at radius 2 is 1.40 bits per heavy atom. The second-order valence-corrected chi connectivity index (χ2v) is 10.6. The Balaban J connectivity index is 1.42. The first-order valence-electron chi connectivity index (χ1n) is 13.7. The number of hydrogen-bond donors (Lipinski definition) is 0. The van der Waals surface area contributed by atoms with Crippen LogP contribution in [0.3, 0.4) is 0 Å². The molecular formula is C34H38N4O2. The van der Waals surface area contributed by atoms with Crippen molar-refractivity contribution in [3.63, 3.8) is 0 Å². The van der Waals surface area contributed by atoms with Gasteiger partial charge in [-0.15, -0.1) is 0 Å². The predicted molar refractivity (Wildman–Crippen MR) is 164 cm³/mol. The van der Waals surface area contributed by atoms with E-state index in [1.54, 1.807) is 0 Å². The Morgan fingerprint density at radius 1 is 0.675 bits per heavy atom. The molecule has 206 valence electrons. The molecule has 0 radical (unpaired) electrons. The Labute approximate surface area is 237 Å². The minimum absolute atomic E-state index is 0.548. The molecule has 0 aliphatic rings. The molecule has 0 fully saturated rings. The Bertz CT molecular complexity index is 1530. The van der Waals surface area contributed by atoms with E-state index in [4.69, 9.17) is 9.47 Å². The summed E-state index contributed by atoms with van der Waals surface area (Å²) >= 11 is 0. The summed E-state index contributed by atoms with van der Waals surface area (Å²) in [5, 5.41) is 1.16. The molecule has 2 heterocycles. The van der Waals surface area contributed by atoms with Crippen LogP contribution < -0.4 is 9.47 Å². The van der Waals surface area contributed by atoms with Crippen LogP contribution in [0.4, 0.5) is 0 Å². The predicted octanol–water partition coefficient (Wildman–Crippen LogP) is 6.45. The van der Waals surface area contributed by atoms with Crippen LogP contribution in [0.25, 0.3) is 33.3 Å². The summed E-state index contributed by atoms with van der Waals surface area (Å²) in [6.07, 6.45) is 3.88. The number of aromatic nitrogens is 2. The number of rotatable bonds is 12. The van der Waals surface area contributed by atoms with Crippen LogP contribution >= 0.6 is 0 Å². The fourth-order valence-corrected chi connectivity index (χ4v) is 4.69. The fourth-order valence-electron chi connectivity index (χ4n) is 4.69. The molecule has 0 amide bonds. The van der Waals surface area contributed by atoms with Crippen molar-refractivity contribution in [2.24, 2.45) is 0 Å². The average Bonchev–Trinajstić information content (AvgIpc) is 3.33. The molecule has 0 saturated heterocycles. The fraction of sp³-hybridized carbons (Fsp3) is 0.265. The summed E-state index contributed by atoms with van der Waals surface area (Å²) in [6.45, 7) is 3.91. The van der Waals surface area contributed by atoms with Crippen molar-refractivity contribution >= 4 is 10.9 Å². The second-order valence-electron chi connectivity index (χ2n) is 10.6. The number of pyridine rings is 1. The highest BCUT2D eigenvalue weighted by Gasteiger charge is 2.14. The van der Waals surface area contributed by atoms with Crippen molar-refractivity contribution in [3.8, 4) is 33.9 Å². The van der Waals surface area contributed by atoms with Gasteiger partial charge in [0.1, 0.15) is 24.7 Å². The largest absolute Gasteiger partial charge is 0.492 e. The zero-order valence-electron chi connectivity index (χ0n) is 23.9. The van der Waals surface area contributed by atoms with Gasteiger partial charge in [0.05, 0.1) is 5.69 Å². The smallest absolute Gasteiger partial charge is 0.120 e. The van der Waals surface area contributed by atoms with Gasteiger partial charge in [0.15, 0.2) is 0 Å². The van der Waals surface area contributed by atoms with E-state index < -0.39 is 0 Å². The highest BCUT2D eigenvalue weighted by Crippen LogP contribution is 2.33. The van der Waals surface area contributed by atoms with E-state index in [9.17, 15) is 0 Å². The van der Waals surface area contributed by atoms with Gasteiger partial charge in [-0.05, 0) is 81.8 Å². The molecule has 0 atom stereocenters. The van der Waals surface area contributed by atoms with Gasteiger partial charge in [0, 0.05) is 54.1 Å². The molecule has 3 aromatic carbocycles. The van der Waals surface area contributed by atoms with Crippen LogP contribution in [0.15, 0.2) is 97.3 Å². The van der Waals surface area contributed by atoms with Crippen LogP contribution in [0.1, 0.15) is 5.56 Å². The van der Waals surface area contributed by atoms with Crippen molar-refractivity contribution in [2.75, 3.05) is 47.9 Å². The Morgan fingerprint density at radius 3 is 2.15 bits per heavy atom. The van der Waals surface area contributed by atoms with Gasteiger partial charge >= 0.3 is 0 Å². The minimum atomic E-state index is 0.548. The third-order valence-corrected chi connectivity index (χ3v) is 6.92. The summed E-state index contributed by atoms with van der Waals surface area (Å²) in [5.74, 6) is 1.75. The molecule has 2 aromatic heterocycles. The monoisotopic (exact) mass is 534 g/mol. The van der Waals surface area contributed by atoms with Crippen molar-refractivity contribution in [1.29, 1.82) is 0 Å². The van der Waals surface area contributed by atoms with E-state index in [1.807, 2.05) is 56.8 Å². The lowest BCUT2D eigenvalue weighted by Gasteiger charge is -2.15. The van der Waals surface area contributed by atoms with Crippen LogP contribution in [0.2, 0.25) is 0 Å². The van der Waals surface area contributed by atoms with Gasteiger partial charge in [-0.2, -0.15) is 0 Å². The zero-order chi connectivity index (χ0) is 27.9. The van der Waals surface area contributed by atoms with Crippen molar-refractivity contribution in [2.45, 2.75) is 13.2 Å². The molecule has 5 aromatic rings. The van der Waals surface area contributed by atoms with E-state index in [2.05, 4.69) is 88.0 Å². The van der Waals surface area contributed by atoms with E-state index >= 15 is 0 Å². The molecular weight excluding hydrogens is 496 g/mol. The maximum absolute atomic E-state index is 6.13. The highest BCUT2D eigenvalue weighted by molar-refractivity contribution is 5.88. The van der Waals surface area contributed by atoms with Gasteiger partial charge < -0.3 is 23.8 Å². The summed E-state index contributed by atoms with van der Waals surface area (Å²) in [6, 6.07) is 29.4. The van der Waals surface area contributed by atoms with E-state index in [0.29, 0.717) is 13.2 Å². The summed E-state index contributed by atoms with van der Waals surface area (Å²) in [4.78, 5) is 8.96. The molecule has 0 aliphatic carbocycles. The van der Waals surface area contributed by atoms with E-state index in [0.717, 1.165) is 64.5 Å². The van der Waals surface area contributed by atoms with E-state index in [1.165, 1.54) is 5.52 Å². The molecule has 0 bridgehead atoms. The average molecular weight is 535 g/mol. The number of fused-ring (bicyclic) bond motifs is 1. The lowest BCUT2D eigenvalue weighted by Crippen LogP contribution is -2.19. The van der Waals surface area contributed by atoms with E-state index in [-0.39, 0.29) is 0 Å². The second kappa shape index (κ2) is 12.8. The van der Waals surface area contributed by atoms with Crippen LogP contribution in [0.5, 0.6) is 11.5 Å². The normalized spacial score (nSPS) is 11.4. The number of hydrogen-bond acceptors (Lipinski definition) is 5. The molecule has 5 rings (SSSR count). The maximum atomic E-state index is 6.13. The van der Waals surface area contributed by atoms with Crippen molar-refractivity contribution in [1.82, 2.24) is 19.4 Å². The molecule has 0 spiro atoms. The number of likely N-dealkylation sites (N-methyl/N-ethyl adjacent to an activating group) is 2. The lowest BCUT2D eigenvalue weighted by molar-refractivity contribution is 0.261. The highest BCUT2D eigenvalue weighted by atomic mass is 16.5. The number of benzene rings is 3. The maximum Gasteiger partial charge on any atom is 0.120 e. The first-order valence-corrected chi connectivity index (χ1v) is 13.7. The van der Waals surface area contributed by atoms with Gasteiger partial charge in [0.2, 0.25) is 0 Å². The molecule has 6 nitrogen and oxygen atoms in total. The van der Waals surface area contributed by atoms with Crippen molar-refractivity contribution < 1.29 is 9.47 Å². The standard InChI is InChI=1S/C34H38N4O2/c1-36(2)16-17-38-33-15-14-32(40-25-26-8-6-5-7-9-26)21-28(33)22-34(38)30-20-29(23-35-24-30)27-10-12-31(13-11-27)39-19-18-37(3)4/h5-15,20-24H,16-19,25H2,1-4H3. The quantitative estimate of drug-likeness (QED) is 0.184. The Kier molecular flexibility index (Phi) is 8.79. The number of nitrogens with zero attached hydrogens (tertiary/aromatic N) is 4. The van der Waals surface area contributed by atoms with Gasteiger partial charge in [0.25, 0.3) is 0 Å². The molecule has 0 saturated carbocycles. The minimum Gasteiger partial charge on any atom is -0.492 e. The van der Waals surface area contributed by atoms with Gasteiger partial charge in [-0.25, -0.2) is 0 Å². The van der Waals surface area contributed by atoms with Gasteiger partial charge in [-0.1, -0.05) is 42.5 Å². The topological polar surface area (TPSA) is 42.8 Å². The third-order valence-electron chi connectivity index (χ3n) is 6.92. The SMILES string of the molecule is CN(C)CCOc1ccc(-c2cncc(-c3cc4cc(OCc5ccccc5)ccc4n3CCN(C)C)c2)cc1. The van der Waals surface area contributed by atoms with Gasteiger partial charge in [-0.3, -0.25) is 4.98 Å². The molecule has 6 heteroatoms. The summed E-state index contributed by atoms with van der Waals surface area (Å²) in [5.41, 5.74) is 6.77. The van der Waals surface area contributed by atoms with Crippen LogP contribution in [-0.2, 0) is 13.2 Å². The summed E-state index contributed by atoms with van der Waals surface area (Å²) in [7, 11) is 8.31. The molecule has 0 unspecified atom stereocenters. The van der Waals surface area contributed by atoms with Crippen molar-refractivity contribution in [3.05, 3.63) is 103 Å². The lowest BCUT2D eigenvalue weighted by atomic mass is 10.0. The molecule has 0 N–H and O–H groups in total. The van der Waals surface area contributed by atoms with Crippen LogP contribution in [0, 0.1) is 0 Å². The number of ether oxygens (including phenoxy) is 2. The first-order chi connectivity index (χ1) is 19.5. The molecule has 0 aliphatic heterocycles. The third kappa shape index (κ3) is 6.89. The first kappa shape index (κ1) is 27.4. The Hall–Kier alpha value is -4.13. The summed E-state index contributed by atoms with van der Waals surface area (Å²) < 4.78 is 14.4. The van der Waals surface area contributed by atoms with Crippen LogP contribution in [-0.4, -0.2) is 67.2 Å².